The van der Waals surface area contributed by atoms with Crippen LogP contribution >= 0.6 is 11.8 Å². The molecule has 2 heterocycles. The smallest absolute Gasteiger partial charge is 0.215 e. The largest absolute Gasteiger partial charge is 0.462 e. The number of rotatable bonds is 13. The zero-order chi connectivity index (χ0) is 33.3. The van der Waals surface area contributed by atoms with Crippen molar-refractivity contribution in [1.29, 1.82) is 0 Å². The summed E-state index contributed by atoms with van der Waals surface area (Å²) in [6, 6.07) is 49.2. The van der Waals surface area contributed by atoms with Gasteiger partial charge in [0.15, 0.2) is 0 Å². The average molecular weight is 671 g/mol. The van der Waals surface area contributed by atoms with Crippen LogP contribution in [-0.2, 0) is 43.5 Å². The van der Waals surface area contributed by atoms with E-state index in [2.05, 4.69) is 0 Å². The van der Waals surface area contributed by atoms with Crippen molar-refractivity contribution in [1.82, 2.24) is 0 Å². The Morgan fingerprint density at radius 1 is 0.592 bits per heavy atom. The third kappa shape index (κ3) is 8.21. The number of ether oxygens (including phenoxy) is 5. The van der Waals surface area contributed by atoms with Gasteiger partial charge in [-0.05, 0) is 16.7 Å². The molecule has 0 aliphatic carbocycles. The summed E-state index contributed by atoms with van der Waals surface area (Å²) < 4.78 is 33.3. The van der Waals surface area contributed by atoms with Gasteiger partial charge >= 0.3 is 0 Å². The fraction of sp³-hybridized carbons (Fsp3) is 0.214. The first kappa shape index (κ1) is 33.0. The van der Waals surface area contributed by atoms with Gasteiger partial charge in [-0.2, -0.15) is 0 Å². The van der Waals surface area contributed by atoms with Crippen molar-refractivity contribution in [3.8, 4) is 0 Å². The zero-order valence-corrected chi connectivity index (χ0v) is 27.8. The summed E-state index contributed by atoms with van der Waals surface area (Å²) in [6.45, 7) is 1.40. The van der Waals surface area contributed by atoms with E-state index in [4.69, 9.17) is 23.7 Å². The lowest BCUT2D eigenvalue weighted by Gasteiger charge is -2.48. The van der Waals surface area contributed by atoms with Gasteiger partial charge in [0.2, 0.25) is 12.1 Å². The van der Waals surface area contributed by atoms with Crippen LogP contribution in [0, 0.1) is 0 Å². The SMILES string of the molecule is O=C(C1=C(c2ccccc2)OC2OC(COCc3ccccc3)C(OCc3ccccc3)C(OCc3ccccc3)C2S1)c1ccccc1. The Kier molecular flexibility index (Phi) is 11.0. The highest BCUT2D eigenvalue weighted by Crippen LogP contribution is 2.47. The van der Waals surface area contributed by atoms with E-state index in [1.165, 1.54) is 11.8 Å². The molecule has 1 saturated heterocycles. The molecule has 248 valence electrons. The quantitative estimate of drug-likeness (QED) is 0.117. The van der Waals surface area contributed by atoms with Gasteiger partial charge in [0, 0.05) is 11.1 Å². The van der Waals surface area contributed by atoms with Crippen LogP contribution in [0.15, 0.2) is 157 Å². The molecule has 0 amide bonds. The Hall–Kier alpha value is -4.50. The minimum Gasteiger partial charge on any atom is -0.462 e. The van der Waals surface area contributed by atoms with Crippen molar-refractivity contribution in [2.75, 3.05) is 6.61 Å². The number of carbonyl (C=O) groups is 1. The molecule has 2 aliphatic rings. The van der Waals surface area contributed by atoms with Crippen LogP contribution in [0.2, 0.25) is 0 Å². The maximum atomic E-state index is 14.2. The van der Waals surface area contributed by atoms with Crippen molar-refractivity contribution in [3.63, 3.8) is 0 Å². The van der Waals surface area contributed by atoms with E-state index in [9.17, 15) is 4.79 Å². The number of fused-ring (bicyclic) bond motifs is 1. The van der Waals surface area contributed by atoms with Crippen LogP contribution in [0.1, 0.15) is 32.6 Å². The van der Waals surface area contributed by atoms with Gasteiger partial charge < -0.3 is 23.7 Å². The van der Waals surface area contributed by atoms with E-state index in [-0.39, 0.29) is 12.4 Å². The zero-order valence-electron chi connectivity index (χ0n) is 27.0. The number of hydrogen-bond acceptors (Lipinski definition) is 7. The Labute approximate surface area is 291 Å². The second-order valence-corrected chi connectivity index (χ2v) is 13.2. The first-order valence-electron chi connectivity index (χ1n) is 16.5. The first-order valence-corrected chi connectivity index (χ1v) is 17.4. The molecule has 49 heavy (non-hydrogen) atoms. The molecule has 5 atom stereocenters. The van der Waals surface area contributed by atoms with Crippen molar-refractivity contribution in [2.45, 2.75) is 49.7 Å². The summed E-state index contributed by atoms with van der Waals surface area (Å²) in [4.78, 5) is 14.7. The van der Waals surface area contributed by atoms with Crippen LogP contribution in [0.4, 0.5) is 0 Å². The fourth-order valence-electron chi connectivity index (χ4n) is 6.05. The van der Waals surface area contributed by atoms with E-state index in [1.807, 2.05) is 152 Å². The van der Waals surface area contributed by atoms with Crippen LogP contribution in [0.25, 0.3) is 5.76 Å². The monoisotopic (exact) mass is 670 g/mol. The van der Waals surface area contributed by atoms with Gasteiger partial charge in [-0.3, -0.25) is 4.79 Å². The number of benzene rings is 5. The average Bonchev–Trinajstić information content (AvgIpc) is 3.17. The lowest BCUT2D eigenvalue weighted by Crippen LogP contribution is -2.60. The Bertz CT molecular complexity index is 1800. The predicted molar refractivity (Wildman–Crippen MR) is 191 cm³/mol. The summed E-state index contributed by atoms with van der Waals surface area (Å²) in [6.07, 6.45) is -2.27. The lowest BCUT2D eigenvalue weighted by atomic mass is 9.99. The second-order valence-electron chi connectivity index (χ2n) is 12.0. The summed E-state index contributed by atoms with van der Waals surface area (Å²) >= 11 is 1.45. The highest BCUT2D eigenvalue weighted by atomic mass is 32.2. The van der Waals surface area contributed by atoms with Crippen molar-refractivity contribution in [3.05, 3.63) is 184 Å². The Balaban J connectivity index is 1.24. The molecule has 0 aromatic heterocycles. The molecular weight excluding hydrogens is 633 g/mol. The maximum absolute atomic E-state index is 14.2. The number of Topliss-reactive ketones (excluding diaryl/α,β-unsaturated/α-hetero) is 1. The van der Waals surface area contributed by atoms with Crippen molar-refractivity contribution < 1.29 is 28.5 Å². The third-order valence-corrected chi connectivity index (χ3v) is 9.90. The number of allylic oxidation sites excluding steroid dienone is 1. The molecule has 5 aromatic rings. The molecule has 0 bridgehead atoms. The van der Waals surface area contributed by atoms with Gasteiger partial charge in [-0.1, -0.05) is 152 Å². The lowest BCUT2D eigenvalue weighted by molar-refractivity contribution is -0.260. The second kappa shape index (κ2) is 16.3. The fourth-order valence-corrected chi connectivity index (χ4v) is 7.42. The molecule has 7 heteroatoms. The first-order chi connectivity index (χ1) is 24.2. The molecule has 2 aliphatic heterocycles. The van der Waals surface area contributed by atoms with E-state index in [0.29, 0.717) is 36.0 Å². The topological polar surface area (TPSA) is 63.2 Å². The molecular formula is C42H38O6S. The minimum absolute atomic E-state index is 0.111. The standard InChI is InChI=1S/C42H38O6S/c43-36(33-22-12-4-13-23-33)40-37(34-24-14-5-15-25-34)48-42-41(49-40)39(46-28-32-20-10-3-11-21-32)38(45-27-31-18-8-2-9-19-31)35(47-42)29-44-26-30-16-6-1-7-17-30/h1-25,35,38-39,41-42H,26-29H2. The minimum atomic E-state index is -0.727. The predicted octanol–water partition coefficient (Wildman–Crippen LogP) is 8.48. The molecule has 6 nitrogen and oxygen atoms in total. The molecule has 1 fully saturated rings. The Morgan fingerprint density at radius 2 is 1.08 bits per heavy atom. The van der Waals surface area contributed by atoms with Crippen molar-refractivity contribution in [2.24, 2.45) is 0 Å². The van der Waals surface area contributed by atoms with Gasteiger partial charge in [-0.15, -0.1) is 11.8 Å². The normalized spacial score (nSPS) is 21.8. The van der Waals surface area contributed by atoms with E-state index >= 15 is 0 Å². The molecule has 5 unspecified atom stereocenters. The summed E-state index contributed by atoms with van der Waals surface area (Å²) in [5, 5.41) is -0.412. The van der Waals surface area contributed by atoms with Gasteiger partial charge in [0.25, 0.3) is 0 Å². The number of carbonyl (C=O) groups excluding carboxylic acids is 1. The van der Waals surface area contributed by atoms with Gasteiger partial charge in [0.1, 0.15) is 29.3 Å². The van der Waals surface area contributed by atoms with Crippen LogP contribution in [0.5, 0.6) is 0 Å². The van der Waals surface area contributed by atoms with Crippen LogP contribution < -0.4 is 0 Å². The molecule has 0 radical (unpaired) electrons. The van der Waals surface area contributed by atoms with Crippen LogP contribution in [-0.4, -0.2) is 42.2 Å². The molecule has 7 rings (SSSR count). The molecule has 0 N–H and O–H groups in total. The van der Waals surface area contributed by atoms with Gasteiger partial charge in [0.05, 0.1) is 31.3 Å². The van der Waals surface area contributed by atoms with E-state index in [1.54, 1.807) is 0 Å². The number of ketones is 1. The summed E-state index contributed by atoms with van der Waals surface area (Å²) in [5.74, 6) is 0.384. The molecule has 0 saturated carbocycles. The summed E-state index contributed by atoms with van der Waals surface area (Å²) in [7, 11) is 0. The maximum Gasteiger partial charge on any atom is 0.215 e. The van der Waals surface area contributed by atoms with Gasteiger partial charge in [-0.25, -0.2) is 0 Å². The third-order valence-electron chi connectivity index (χ3n) is 8.53. The highest BCUT2D eigenvalue weighted by molar-refractivity contribution is 8.05. The van der Waals surface area contributed by atoms with E-state index in [0.717, 1.165) is 22.3 Å². The number of thioether (sulfide) groups is 1. The number of hydrogen-bond donors (Lipinski definition) is 0. The molecule has 5 aromatic carbocycles. The highest BCUT2D eigenvalue weighted by Gasteiger charge is 2.52. The van der Waals surface area contributed by atoms with Crippen LogP contribution in [0.3, 0.4) is 0 Å². The molecule has 0 spiro atoms. The summed E-state index contributed by atoms with van der Waals surface area (Å²) in [5.41, 5.74) is 4.53. The van der Waals surface area contributed by atoms with E-state index < -0.39 is 29.9 Å². The Morgan fingerprint density at radius 3 is 1.65 bits per heavy atom. The van der Waals surface area contributed by atoms with Crippen molar-refractivity contribution >= 4 is 23.3 Å².